The molecule has 8 heterocycles. The Morgan fingerprint density at radius 3 is 0.944 bits per heavy atom. The van der Waals surface area contributed by atoms with Crippen molar-refractivity contribution in [2.75, 3.05) is 0 Å². The van der Waals surface area contributed by atoms with Gasteiger partial charge in [-0.05, 0) is 164 Å². The van der Waals surface area contributed by atoms with Crippen LogP contribution in [0, 0.1) is 6.92 Å². The minimum absolute atomic E-state index is 0.0875. The maximum absolute atomic E-state index is 5.36. The van der Waals surface area contributed by atoms with E-state index in [9.17, 15) is 0 Å². The standard InChI is InChI=1S/C59H43N5.C56H37N5/c1-59(2,3)51-35-53(38-14-6-4-7-15-38)62-57-50(51)28-26-40-27-29-52(61-56(40)57)44-21-10-18-41(32-44)42-19-11-23-46(33-42)58-63-54(39-16-8-5-9-17-39)36-55(64-58)45-22-12-20-43(34-45)48-25-13-24-47-37-60-31-30-49(47)48;1-36-30-51(37-12-4-2-5-13-37)59-55-47(36)26-24-38-25-27-50(58-54(38)55)43-19-8-16-40(31-43)41-17-9-20-44(32-41)52-34-53(61-56(60-52)39-14-6-3-7-15-39)45-21-10-18-42(33-45)48-23-11-22-46-35-57-29-28-49(46)48/h4-37H,1-3H3;2-35H,1H3. The van der Waals surface area contributed by atoms with E-state index in [0.717, 1.165) is 205 Å². The van der Waals surface area contributed by atoms with Crippen LogP contribution in [0.5, 0.6) is 0 Å². The molecule has 0 saturated heterocycles. The zero-order chi connectivity index (χ0) is 83.9. The number of hydrogen-bond donors (Lipinski definition) is 0. The molecule has 0 bridgehead atoms. The van der Waals surface area contributed by atoms with Crippen molar-refractivity contribution >= 4 is 65.2 Å². The van der Waals surface area contributed by atoms with Crippen LogP contribution in [0.15, 0.2) is 413 Å². The number of nitrogens with zero attached hydrogens (tertiary/aromatic N) is 10. The van der Waals surface area contributed by atoms with Gasteiger partial charge in [-0.2, -0.15) is 0 Å². The maximum atomic E-state index is 5.36. The molecule has 125 heavy (non-hydrogen) atoms. The van der Waals surface area contributed by atoms with Crippen LogP contribution in [0.4, 0.5) is 0 Å². The number of benzene rings is 14. The van der Waals surface area contributed by atoms with Gasteiger partial charge in [-0.25, -0.2) is 39.9 Å². The summed E-state index contributed by atoms with van der Waals surface area (Å²) in [4.78, 5) is 50.6. The summed E-state index contributed by atoms with van der Waals surface area (Å²) in [7, 11) is 0. The lowest BCUT2D eigenvalue weighted by molar-refractivity contribution is 0.595. The predicted molar refractivity (Wildman–Crippen MR) is 515 cm³/mol. The van der Waals surface area contributed by atoms with Crippen LogP contribution < -0.4 is 0 Å². The topological polar surface area (TPSA) is 129 Å². The average Bonchev–Trinajstić information content (AvgIpc) is 0.739. The van der Waals surface area contributed by atoms with Crippen molar-refractivity contribution in [1.82, 2.24) is 49.8 Å². The number of aryl methyl sites for hydroxylation is 1. The van der Waals surface area contributed by atoms with E-state index in [1.165, 1.54) is 16.5 Å². The third-order valence-corrected chi connectivity index (χ3v) is 23.5. The van der Waals surface area contributed by atoms with Crippen LogP contribution in [0.25, 0.3) is 222 Å². The third kappa shape index (κ3) is 15.4. The highest BCUT2D eigenvalue weighted by atomic mass is 14.9. The fourth-order valence-electron chi connectivity index (χ4n) is 17.2. The zero-order valence-corrected chi connectivity index (χ0v) is 69.2. The molecular weight excluding hydrogens is 1520 g/mol. The summed E-state index contributed by atoms with van der Waals surface area (Å²) >= 11 is 0. The summed E-state index contributed by atoms with van der Waals surface area (Å²) in [6.45, 7) is 8.94. The Bertz CT molecular complexity index is 7900. The van der Waals surface area contributed by atoms with Gasteiger partial charge in [0.2, 0.25) is 0 Å². The van der Waals surface area contributed by atoms with Gasteiger partial charge in [-0.15, -0.1) is 0 Å². The first kappa shape index (κ1) is 76.1. The van der Waals surface area contributed by atoms with Crippen molar-refractivity contribution in [3.63, 3.8) is 0 Å². The molecule has 0 atom stereocenters. The summed E-state index contributed by atoms with van der Waals surface area (Å²) in [5, 5.41) is 8.92. The smallest absolute Gasteiger partial charge is 0.160 e. The summed E-state index contributed by atoms with van der Waals surface area (Å²) in [5.41, 5.74) is 32.2. The van der Waals surface area contributed by atoms with E-state index >= 15 is 0 Å². The quantitative estimate of drug-likeness (QED) is 0.0971. The van der Waals surface area contributed by atoms with Gasteiger partial charge in [0.25, 0.3) is 0 Å². The average molecular weight is 1600 g/mol. The lowest BCUT2D eigenvalue weighted by atomic mass is 9.83. The second kappa shape index (κ2) is 32.7. The molecule has 8 aromatic heterocycles. The Hall–Kier alpha value is -16.3. The van der Waals surface area contributed by atoms with Crippen molar-refractivity contribution in [1.29, 1.82) is 0 Å². The first-order valence-electron chi connectivity index (χ1n) is 42.2. The molecule has 22 rings (SSSR count). The molecule has 22 aromatic rings. The van der Waals surface area contributed by atoms with Crippen molar-refractivity contribution in [3.8, 4) is 157 Å². The van der Waals surface area contributed by atoms with E-state index in [-0.39, 0.29) is 5.41 Å². The number of aromatic nitrogens is 10. The van der Waals surface area contributed by atoms with Gasteiger partial charge in [-0.1, -0.05) is 324 Å². The second-order valence-corrected chi connectivity index (χ2v) is 32.8. The Morgan fingerprint density at radius 2 is 0.504 bits per heavy atom. The Balaban J connectivity index is 0.000000153. The molecule has 14 aromatic carbocycles. The predicted octanol–water partition coefficient (Wildman–Crippen LogP) is 29.2. The normalized spacial score (nSPS) is 11.5. The zero-order valence-electron chi connectivity index (χ0n) is 69.2. The van der Waals surface area contributed by atoms with E-state index in [2.05, 4.69) is 390 Å². The molecule has 10 nitrogen and oxygen atoms in total. The minimum Gasteiger partial charge on any atom is -0.264 e. The van der Waals surface area contributed by atoms with Crippen molar-refractivity contribution in [3.05, 3.63) is 424 Å². The van der Waals surface area contributed by atoms with Crippen LogP contribution >= 0.6 is 0 Å². The van der Waals surface area contributed by atoms with Crippen LogP contribution in [0.3, 0.4) is 0 Å². The highest BCUT2D eigenvalue weighted by Crippen LogP contribution is 2.42. The molecule has 10 heteroatoms. The van der Waals surface area contributed by atoms with Gasteiger partial charge >= 0.3 is 0 Å². The van der Waals surface area contributed by atoms with Crippen LogP contribution in [-0.2, 0) is 5.41 Å². The van der Waals surface area contributed by atoms with Gasteiger partial charge in [-0.3, -0.25) is 9.97 Å². The highest BCUT2D eigenvalue weighted by molar-refractivity contribution is 6.08. The molecule has 0 saturated carbocycles. The van der Waals surface area contributed by atoms with Crippen LogP contribution in [-0.4, -0.2) is 49.8 Å². The molecule has 590 valence electrons. The van der Waals surface area contributed by atoms with Crippen molar-refractivity contribution < 1.29 is 0 Å². The van der Waals surface area contributed by atoms with E-state index in [1.807, 2.05) is 61.2 Å². The fraction of sp³-hybridized carbons (Fsp3) is 0.0435. The number of fused-ring (bicyclic) bond motifs is 8. The van der Waals surface area contributed by atoms with Gasteiger partial charge in [0.1, 0.15) is 0 Å². The summed E-state index contributed by atoms with van der Waals surface area (Å²) < 4.78 is 0. The fourth-order valence-corrected chi connectivity index (χ4v) is 17.2. The van der Waals surface area contributed by atoms with E-state index in [0.29, 0.717) is 11.6 Å². The molecule has 0 spiro atoms. The molecule has 0 N–H and O–H groups in total. The largest absolute Gasteiger partial charge is 0.264 e. The molecule has 0 aliphatic rings. The lowest BCUT2D eigenvalue weighted by Crippen LogP contribution is -2.12. The lowest BCUT2D eigenvalue weighted by Gasteiger charge is -2.23. The first-order chi connectivity index (χ1) is 61.4. The number of pyridine rings is 6. The maximum Gasteiger partial charge on any atom is 0.160 e. The minimum atomic E-state index is -0.0875. The SMILES string of the molecule is CC(C)(C)c1cc(-c2ccccc2)nc2c1ccc1ccc(-c3cccc(-c4cccc(-c5nc(-c6ccccc6)cc(-c6cccc(-c7cccc8cnccc78)c6)n5)c4)c3)nc12.Cc1cc(-c2ccccc2)nc2c1ccc1ccc(-c3cccc(-c4cccc(-c5cc(-c6cccc(-c7cccc8cnccc78)c6)nc(-c6ccccc6)n5)c4)c3)nc12. The molecule has 0 amide bonds. The van der Waals surface area contributed by atoms with Gasteiger partial charge in [0.15, 0.2) is 11.6 Å². The number of hydrogen-bond acceptors (Lipinski definition) is 10. The van der Waals surface area contributed by atoms with Gasteiger partial charge < -0.3 is 0 Å². The molecule has 0 radical (unpaired) electrons. The first-order valence-corrected chi connectivity index (χ1v) is 42.2. The van der Waals surface area contributed by atoms with E-state index in [1.54, 1.807) is 0 Å². The summed E-state index contributed by atoms with van der Waals surface area (Å²) in [5.74, 6) is 1.34. The van der Waals surface area contributed by atoms with E-state index in [4.69, 9.17) is 39.9 Å². The van der Waals surface area contributed by atoms with Gasteiger partial charge in [0.05, 0.1) is 67.6 Å². The Labute approximate surface area is 724 Å². The monoisotopic (exact) mass is 1600 g/mol. The summed E-state index contributed by atoms with van der Waals surface area (Å²) in [6, 6.07) is 136. The highest BCUT2D eigenvalue weighted by Gasteiger charge is 2.24. The molecule has 0 fully saturated rings. The molecule has 0 aliphatic heterocycles. The number of rotatable bonds is 14. The molecule has 0 aliphatic carbocycles. The third-order valence-electron chi connectivity index (χ3n) is 23.5. The Morgan fingerprint density at radius 1 is 0.192 bits per heavy atom. The van der Waals surface area contributed by atoms with E-state index < -0.39 is 0 Å². The molecular formula is C115H80N10. The molecule has 0 unspecified atom stereocenters. The second-order valence-electron chi connectivity index (χ2n) is 32.8. The van der Waals surface area contributed by atoms with Crippen molar-refractivity contribution in [2.45, 2.75) is 33.1 Å². The summed E-state index contributed by atoms with van der Waals surface area (Å²) in [6.07, 6.45) is 7.53. The van der Waals surface area contributed by atoms with Crippen LogP contribution in [0.1, 0.15) is 31.9 Å². The van der Waals surface area contributed by atoms with Crippen LogP contribution in [0.2, 0.25) is 0 Å². The Kier molecular flexibility index (Phi) is 19.9. The van der Waals surface area contributed by atoms with Gasteiger partial charge in [0, 0.05) is 113 Å². The van der Waals surface area contributed by atoms with Crippen molar-refractivity contribution in [2.24, 2.45) is 0 Å².